The lowest BCUT2D eigenvalue weighted by molar-refractivity contribution is 0.263. The summed E-state index contributed by atoms with van der Waals surface area (Å²) < 4.78 is 5.59. The number of aryl methyl sites for hydroxylation is 2. The summed E-state index contributed by atoms with van der Waals surface area (Å²) in [6.07, 6.45) is 0. The van der Waals surface area contributed by atoms with E-state index in [-0.39, 0.29) is 0 Å². The molecule has 0 spiro atoms. The molecule has 18 heavy (non-hydrogen) atoms. The van der Waals surface area contributed by atoms with E-state index in [9.17, 15) is 0 Å². The summed E-state index contributed by atoms with van der Waals surface area (Å²) in [5.74, 6) is 2.02. The van der Waals surface area contributed by atoms with E-state index >= 15 is 0 Å². The maximum absolute atomic E-state index is 5.59. The van der Waals surface area contributed by atoms with Crippen LogP contribution in [0, 0.1) is 13.8 Å². The fraction of sp³-hybridized carbons (Fsp3) is 0.733. The summed E-state index contributed by atoms with van der Waals surface area (Å²) >= 11 is 0. The zero-order valence-corrected chi connectivity index (χ0v) is 12.7. The highest BCUT2D eigenvalue weighted by Crippen LogP contribution is 2.21. The van der Waals surface area contributed by atoms with E-state index in [1.54, 1.807) is 0 Å². The highest BCUT2D eigenvalue weighted by molar-refractivity contribution is 5.23. The van der Waals surface area contributed by atoms with Crippen molar-refractivity contribution >= 4 is 0 Å². The number of furan rings is 1. The average Bonchev–Trinajstić information content (AvgIpc) is 2.65. The van der Waals surface area contributed by atoms with Crippen molar-refractivity contribution in [2.45, 2.75) is 53.6 Å². The van der Waals surface area contributed by atoms with Crippen LogP contribution < -0.4 is 5.32 Å². The lowest BCUT2D eigenvalue weighted by atomic mass is 10.1. The van der Waals surface area contributed by atoms with Crippen LogP contribution in [0.4, 0.5) is 0 Å². The molecule has 0 saturated carbocycles. The Morgan fingerprint density at radius 3 is 2.28 bits per heavy atom. The van der Waals surface area contributed by atoms with Gasteiger partial charge in [0.25, 0.3) is 0 Å². The van der Waals surface area contributed by atoms with E-state index in [4.69, 9.17) is 4.42 Å². The molecule has 0 aliphatic carbocycles. The second kappa shape index (κ2) is 6.95. The molecule has 3 nitrogen and oxygen atoms in total. The molecule has 104 valence electrons. The number of nitrogens with one attached hydrogen (secondary N) is 1. The SMILES string of the molecule is CCN(CC)CC(C)NC(C)c1cc(C)oc1C. The molecular weight excluding hydrogens is 224 g/mol. The maximum Gasteiger partial charge on any atom is 0.105 e. The summed E-state index contributed by atoms with van der Waals surface area (Å²) in [4.78, 5) is 2.44. The quantitative estimate of drug-likeness (QED) is 0.807. The van der Waals surface area contributed by atoms with Crippen molar-refractivity contribution in [3.05, 3.63) is 23.2 Å². The third-order valence-corrected chi connectivity index (χ3v) is 3.51. The van der Waals surface area contributed by atoms with Gasteiger partial charge >= 0.3 is 0 Å². The molecule has 2 unspecified atom stereocenters. The summed E-state index contributed by atoms with van der Waals surface area (Å²) in [6.45, 7) is 16.2. The van der Waals surface area contributed by atoms with Gasteiger partial charge in [0, 0.05) is 24.2 Å². The summed E-state index contributed by atoms with van der Waals surface area (Å²) in [5, 5.41) is 3.65. The van der Waals surface area contributed by atoms with Crippen molar-refractivity contribution in [2.24, 2.45) is 0 Å². The second-order valence-electron chi connectivity index (χ2n) is 5.14. The maximum atomic E-state index is 5.59. The fourth-order valence-corrected chi connectivity index (χ4v) is 2.52. The van der Waals surface area contributed by atoms with Crippen LogP contribution in [0.3, 0.4) is 0 Å². The molecule has 0 aliphatic heterocycles. The highest BCUT2D eigenvalue weighted by atomic mass is 16.3. The van der Waals surface area contributed by atoms with Crippen molar-refractivity contribution in [2.75, 3.05) is 19.6 Å². The molecule has 0 aromatic carbocycles. The normalized spacial score (nSPS) is 15.1. The number of nitrogens with zero attached hydrogens (tertiary/aromatic N) is 1. The van der Waals surface area contributed by atoms with Gasteiger partial charge in [0.1, 0.15) is 11.5 Å². The van der Waals surface area contributed by atoms with Crippen LogP contribution in [0.5, 0.6) is 0 Å². The smallest absolute Gasteiger partial charge is 0.105 e. The predicted octanol–water partition coefficient (Wildman–Crippen LogP) is 3.28. The number of hydrogen-bond donors (Lipinski definition) is 1. The summed E-state index contributed by atoms with van der Waals surface area (Å²) in [6, 6.07) is 2.96. The van der Waals surface area contributed by atoms with E-state index in [0.717, 1.165) is 31.2 Å². The second-order valence-corrected chi connectivity index (χ2v) is 5.14. The Bertz CT molecular complexity index is 355. The Morgan fingerprint density at radius 2 is 1.83 bits per heavy atom. The van der Waals surface area contributed by atoms with Crippen molar-refractivity contribution in [1.29, 1.82) is 0 Å². The van der Waals surface area contributed by atoms with Crippen molar-refractivity contribution in [3.8, 4) is 0 Å². The summed E-state index contributed by atoms with van der Waals surface area (Å²) in [5.41, 5.74) is 1.28. The van der Waals surface area contributed by atoms with E-state index < -0.39 is 0 Å². The Hall–Kier alpha value is -0.800. The van der Waals surface area contributed by atoms with Gasteiger partial charge in [-0.05, 0) is 46.9 Å². The standard InChI is InChI=1S/C15H28N2O/c1-7-17(8-2)10-11(3)16-13(5)15-9-12(4)18-14(15)6/h9,11,13,16H,7-8,10H2,1-6H3. The summed E-state index contributed by atoms with van der Waals surface area (Å²) in [7, 11) is 0. The van der Waals surface area contributed by atoms with Gasteiger partial charge in [0.2, 0.25) is 0 Å². The van der Waals surface area contributed by atoms with Crippen LogP contribution in [0.1, 0.15) is 50.8 Å². The molecule has 1 aromatic heterocycles. The Labute approximate surface area is 112 Å². The van der Waals surface area contributed by atoms with Crippen molar-refractivity contribution < 1.29 is 4.42 Å². The van der Waals surface area contributed by atoms with E-state index in [1.165, 1.54) is 5.56 Å². The zero-order valence-electron chi connectivity index (χ0n) is 12.7. The van der Waals surface area contributed by atoms with E-state index in [1.807, 2.05) is 13.8 Å². The van der Waals surface area contributed by atoms with Crippen LogP contribution in [0.25, 0.3) is 0 Å². The largest absolute Gasteiger partial charge is 0.466 e. The Kier molecular flexibility index (Phi) is 5.89. The highest BCUT2D eigenvalue weighted by Gasteiger charge is 2.15. The molecule has 0 fully saturated rings. The molecule has 1 heterocycles. The molecule has 0 radical (unpaired) electrons. The first-order valence-corrected chi connectivity index (χ1v) is 7.03. The molecule has 1 aromatic rings. The van der Waals surface area contributed by atoms with Gasteiger partial charge in [-0.3, -0.25) is 0 Å². The van der Waals surface area contributed by atoms with E-state index in [2.05, 4.69) is 44.0 Å². The molecule has 0 aliphatic rings. The molecule has 0 bridgehead atoms. The van der Waals surface area contributed by atoms with Gasteiger partial charge in [-0.15, -0.1) is 0 Å². The molecule has 1 rings (SSSR count). The minimum atomic E-state index is 0.341. The lowest BCUT2D eigenvalue weighted by Crippen LogP contribution is -2.40. The van der Waals surface area contributed by atoms with Gasteiger partial charge < -0.3 is 14.6 Å². The lowest BCUT2D eigenvalue weighted by Gasteiger charge is -2.26. The minimum Gasteiger partial charge on any atom is -0.466 e. The van der Waals surface area contributed by atoms with Crippen LogP contribution in [-0.2, 0) is 0 Å². The van der Waals surface area contributed by atoms with Gasteiger partial charge in [0.05, 0.1) is 0 Å². The van der Waals surface area contributed by atoms with Crippen LogP contribution in [-0.4, -0.2) is 30.6 Å². The molecule has 0 saturated heterocycles. The predicted molar refractivity (Wildman–Crippen MR) is 77.0 cm³/mol. The van der Waals surface area contributed by atoms with E-state index in [0.29, 0.717) is 12.1 Å². The number of hydrogen-bond acceptors (Lipinski definition) is 3. The van der Waals surface area contributed by atoms with Gasteiger partial charge in [-0.1, -0.05) is 13.8 Å². The topological polar surface area (TPSA) is 28.4 Å². The first-order chi connectivity index (χ1) is 8.47. The fourth-order valence-electron chi connectivity index (χ4n) is 2.52. The van der Waals surface area contributed by atoms with Gasteiger partial charge in [-0.25, -0.2) is 0 Å². The monoisotopic (exact) mass is 252 g/mol. The van der Waals surface area contributed by atoms with Crippen LogP contribution in [0.2, 0.25) is 0 Å². The average molecular weight is 252 g/mol. The van der Waals surface area contributed by atoms with Gasteiger partial charge in [-0.2, -0.15) is 0 Å². The first-order valence-electron chi connectivity index (χ1n) is 7.03. The third-order valence-electron chi connectivity index (χ3n) is 3.51. The van der Waals surface area contributed by atoms with Crippen LogP contribution >= 0.6 is 0 Å². The molecule has 2 atom stereocenters. The third kappa shape index (κ3) is 4.14. The molecular formula is C15H28N2O. The number of likely N-dealkylation sites (N-methyl/N-ethyl adjacent to an activating group) is 1. The Balaban J connectivity index is 2.54. The zero-order chi connectivity index (χ0) is 13.7. The number of rotatable bonds is 7. The Morgan fingerprint density at radius 1 is 1.22 bits per heavy atom. The molecule has 0 amide bonds. The van der Waals surface area contributed by atoms with Crippen LogP contribution in [0.15, 0.2) is 10.5 Å². The minimum absolute atomic E-state index is 0.341. The van der Waals surface area contributed by atoms with Crippen molar-refractivity contribution in [1.82, 2.24) is 10.2 Å². The first kappa shape index (κ1) is 15.3. The van der Waals surface area contributed by atoms with Gasteiger partial charge in [0.15, 0.2) is 0 Å². The molecule has 3 heteroatoms. The van der Waals surface area contributed by atoms with Crippen molar-refractivity contribution in [3.63, 3.8) is 0 Å². The molecule has 1 N–H and O–H groups in total.